The van der Waals surface area contributed by atoms with Gasteiger partial charge in [0.25, 0.3) is 0 Å². The molecule has 2 fully saturated rings. The van der Waals surface area contributed by atoms with Gasteiger partial charge in [-0.2, -0.15) is 5.26 Å². The predicted molar refractivity (Wildman–Crippen MR) is 82.6 cm³/mol. The highest BCUT2D eigenvalue weighted by Gasteiger charge is 2.62. The number of nitriles is 1. The lowest BCUT2D eigenvalue weighted by Crippen LogP contribution is -2.55. The molecule has 1 aliphatic carbocycles. The minimum absolute atomic E-state index is 0.254. The topological polar surface area (TPSA) is 36.3 Å². The molecule has 4 heteroatoms. The highest BCUT2D eigenvalue weighted by molar-refractivity contribution is 5.33. The Hall–Kier alpha value is -1.44. The number of fused-ring (bicyclic) bond motifs is 1. The fourth-order valence-electron chi connectivity index (χ4n) is 4.90. The van der Waals surface area contributed by atoms with Crippen molar-refractivity contribution in [1.29, 1.82) is 5.26 Å². The first-order valence-corrected chi connectivity index (χ1v) is 7.79. The van der Waals surface area contributed by atoms with Gasteiger partial charge in [0.15, 0.2) is 0 Å². The molecule has 1 saturated carbocycles. The van der Waals surface area contributed by atoms with Crippen LogP contribution in [0.4, 0.5) is 4.39 Å². The molecular formula is C18H23FN2O. The molecule has 2 aliphatic rings. The maximum Gasteiger partial charge on any atom is 0.124 e. The number of halogens is 1. The number of hydrogen-bond donors (Lipinski definition) is 0. The molecule has 1 saturated heterocycles. The molecule has 2 atom stereocenters. The zero-order valence-corrected chi connectivity index (χ0v) is 13.5. The van der Waals surface area contributed by atoms with Crippen LogP contribution >= 0.6 is 0 Å². The first-order chi connectivity index (χ1) is 10.4. The molecule has 1 aliphatic heterocycles. The van der Waals surface area contributed by atoms with Crippen LogP contribution in [0, 0.1) is 33.9 Å². The Morgan fingerprint density at radius 1 is 1.41 bits per heavy atom. The van der Waals surface area contributed by atoms with Gasteiger partial charge in [-0.3, -0.25) is 4.90 Å². The van der Waals surface area contributed by atoms with Crippen molar-refractivity contribution < 1.29 is 9.13 Å². The molecule has 0 amide bonds. The molecule has 1 heterocycles. The number of rotatable bonds is 4. The third-order valence-electron chi connectivity index (χ3n) is 5.39. The third kappa shape index (κ3) is 2.53. The summed E-state index contributed by atoms with van der Waals surface area (Å²) in [6, 6.07) is 6.64. The molecule has 0 aromatic heterocycles. The molecule has 0 spiro atoms. The quantitative estimate of drug-likeness (QED) is 0.857. The molecule has 22 heavy (non-hydrogen) atoms. The van der Waals surface area contributed by atoms with E-state index in [4.69, 9.17) is 10.00 Å². The first-order valence-electron chi connectivity index (χ1n) is 7.79. The Morgan fingerprint density at radius 3 is 2.82 bits per heavy atom. The highest BCUT2D eigenvalue weighted by atomic mass is 19.1. The lowest BCUT2D eigenvalue weighted by atomic mass is 9.48. The van der Waals surface area contributed by atoms with Crippen molar-refractivity contribution in [3.8, 4) is 6.07 Å². The fourth-order valence-corrected chi connectivity index (χ4v) is 4.90. The molecule has 0 unspecified atom stereocenters. The highest BCUT2D eigenvalue weighted by Crippen LogP contribution is 2.62. The summed E-state index contributed by atoms with van der Waals surface area (Å²) in [5.74, 6) is 0.298. The van der Waals surface area contributed by atoms with Crippen molar-refractivity contribution in [2.45, 2.75) is 26.8 Å². The Balaban J connectivity index is 1.75. The van der Waals surface area contributed by atoms with E-state index < -0.39 is 0 Å². The zero-order valence-electron chi connectivity index (χ0n) is 13.5. The van der Waals surface area contributed by atoms with Crippen LogP contribution < -0.4 is 0 Å². The van der Waals surface area contributed by atoms with Crippen molar-refractivity contribution in [1.82, 2.24) is 4.90 Å². The van der Waals surface area contributed by atoms with Gasteiger partial charge in [0.2, 0.25) is 0 Å². The van der Waals surface area contributed by atoms with Gasteiger partial charge >= 0.3 is 0 Å². The minimum Gasteiger partial charge on any atom is -0.384 e. The van der Waals surface area contributed by atoms with Gasteiger partial charge < -0.3 is 4.74 Å². The van der Waals surface area contributed by atoms with Gasteiger partial charge in [0.05, 0.1) is 18.2 Å². The second-order valence-electron chi connectivity index (χ2n) is 7.64. The SMILES string of the molecule is COC[C@@]12CN(Cc3cc(F)cc(C#N)c3)C[C@@H]1C(C)(C)C2. The van der Waals surface area contributed by atoms with Crippen molar-refractivity contribution in [2.75, 3.05) is 26.8 Å². The largest absolute Gasteiger partial charge is 0.384 e. The molecule has 0 N–H and O–H groups in total. The Morgan fingerprint density at radius 2 is 2.18 bits per heavy atom. The van der Waals surface area contributed by atoms with E-state index in [0.29, 0.717) is 23.4 Å². The van der Waals surface area contributed by atoms with Gasteiger partial charge in [-0.25, -0.2) is 4.39 Å². The normalized spacial score (nSPS) is 29.7. The van der Waals surface area contributed by atoms with E-state index in [1.165, 1.54) is 18.6 Å². The second-order valence-corrected chi connectivity index (χ2v) is 7.64. The standard InChI is InChI=1S/C18H23FN2O/c1-17(2)10-18(12-22-3)11-21(9-16(17)18)8-14-4-13(7-20)5-15(19)6-14/h4-6,16H,8-12H2,1-3H3/t16-,18-/m1/s1. The Kier molecular flexibility index (Phi) is 3.74. The number of nitrogens with zero attached hydrogens (tertiary/aromatic N) is 2. The second kappa shape index (κ2) is 5.33. The number of hydrogen-bond acceptors (Lipinski definition) is 3. The summed E-state index contributed by atoms with van der Waals surface area (Å²) >= 11 is 0. The summed E-state index contributed by atoms with van der Waals surface area (Å²) in [7, 11) is 1.77. The average molecular weight is 302 g/mol. The average Bonchev–Trinajstić information content (AvgIpc) is 2.72. The van der Waals surface area contributed by atoms with Crippen LogP contribution in [0.3, 0.4) is 0 Å². The maximum absolute atomic E-state index is 13.6. The van der Waals surface area contributed by atoms with E-state index in [0.717, 1.165) is 25.3 Å². The van der Waals surface area contributed by atoms with Crippen LogP contribution in [0.1, 0.15) is 31.4 Å². The summed E-state index contributed by atoms with van der Waals surface area (Å²) in [6.45, 7) is 8.16. The molecule has 1 aromatic rings. The lowest BCUT2D eigenvalue weighted by Gasteiger charge is -2.56. The molecule has 3 rings (SSSR count). The molecule has 3 nitrogen and oxygen atoms in total. The van der Waals surface area contributed by atoms with E-state index in [1.807, 2.05) is 6.07 Å². The summed E-state index contributed by atoms with van der Waals surface area (Å²) < 4.78 is 19.1. The summed E-state index contributed by atoms with van der Waals surface area (Å²) in [5.41, 5.74) is 1.88. The number of benzene rings is 1. The zero-order chi connectivity index (χ0) is 16.0. The Bertz CT molecular complexity index is 622. The van der Waals surface area contributed by atoms with Gasteiger partial charge in [-0.15, -0.1) is 0 Å². The van der Waals surface area contributed by atoms with E-state index >= 15 is 0 Å². The molecule has 0 bridgehead atoms. The predicted octanol–water partition coefficient (Wildman–Crippen LogP) is 3.19. The van der Waals surface area contributed by atoms with E-state index in [1.54, 1.807) is 13.2 Å². The van der Waals surface area contributed by atoms with Crippen LogP contribution in [-0.2, 0) is 11.3 Å². The van der Waals surface area contributed by atoms with Gasteiger partial charge in [-0.05, 0) is 41.5 Å². The van der Waals surface area contributed by atoms with Crippen LogP contribution in [0.2, 0.25) is 0 Å². The van der Waals surface area contributed by atoms with Crippen molar-refractivity contribution in [2.24, 2.45) is 16.7 Å². The van der Waals surface area contributed by atoms with Gasteiger partial charge in [0.1, 0.15) is 5.82 Å². The van der Waals surface area contributed by atoms with E-state index in [9.17, 15) is 4.39 Å². The summed E-state index contributed by atoms with van der Waals surface area (Å²) in [4.78, 5) is 2.38. The van der Waals surface area contributed by atoms with Crippen LogP contribution in [-0.4, -0.2) is 31.7 Å². The van der Waals surface area contributed by atoms with Gasteiger partial charge in [-0.1, -0.05) is 13.8 Å². The molecular weight excluding hydrogens is 279 g/mol. The third-order valence-corrected chi connectivity index (χ3v) is 5.39. The minimum atomic E-state index is -0.330. The molecule has 1 aromatic carbocycles. The number of ether oxygens (including phenoxy) is 1. The lowest BCUT2D eigenvalue weighted by molar-refractivity contribution is -0.107. The van der Waals surface area contributed by atoms with Gasteiger partial charge in [0, 0.05) is 32.2 Å². The van der Waals surface area contributed by atoms with Crippen molar-refractivity contribution in [3.63, 3.8) is 0 Å². The van der Waals surface area contributed by atoms with Crippen molar-refractivity contribution >= 4 is 0 Å². The summed E-state index contributed by atoms with van der Waals surface area (Å²) in [5, 5.41) is 8.97. The number of likely N-dealkylation sites (tertiary alicyclic amines) is 1. The summed E-state index contributed by atoms with van der Waals surface area (Å²) in [6.07, 6.45) is 1.18. The maximum atomic E-state index is 13.6. The van der Waals surface area contributed by atoms with Crippen molar-refractivity contribution in [3.05, 3.63) is 35.1 Å². The molecule has 0 radical (unpaired) electrons. The number of methoxy groups -OCH3 is 1. The van der Waals surface area contributed by atoms with E-state index in [2.05, 4.69) is 18.7 Å². The van der Waals surface area contributed by atoms with E-state index in [-0.39, 0.29) is 11.2 Å². The monoisotopic (exact) mass is 302 g/mol. The molecule has 118 valence electrons. The fraction of sp³-hybridized carbons (Fsp3) is 0.611. The van der Waals surface area contributed by atoms with Crippen LogP contribution in [0.25, 0.3) is 0 Å². The Labute approximate surface area is 131 Å². The smallest absolute Gasteiger partial charge is 0.124 e. The van der Waals surface area contributed by atoms with Crippen LogP contribution in [0.5, 0.6) is 0 Å². The first kappa shape index (κ1) is 15.5. The van der Waals surface area contributed by atoms with Crippen LogP contribution in [0.15, 0.2) is 18.2 Å².